The second-order valence-electron chi connectivity index (χ2n) is 2.92. The largest absolute Gasteiger partial charge is 0.454 e. The average molecular weight is 207 g/mol. The second-order valence-corrected chi connectivity index (χ2v) is 2.92. The summed E-state index contributed by atoms with van der Waals surface area (Å²) in [7, 11) is 0. The van der Waals surface area contributed by atoms with Crippen molar-refractivity contribution < 1.29 is 14.6 Å². The summed E-state index contributed by atoms with van der Waals surface area (Å²) < 4.78 is 10.4. The van der Waals surface area contributed by atoms with Crippen molar-refractivity contribution in [2.45, 2.75) is 0 Å². The number of nitrogens with one attached hydrogen (secondary N) is 1. The third-order valence-corrected chi connectivity index (χ3v) is 1.82. The van der Waals surface area contributed by atoms with Crippen LogP contribution in [0, 0.1) is 0 Å². The fourth-order valence-corrected chi connectivity index (χ4v) is 1.18. The Morgan fingerprint density at radius 3 is 2.93 bits per heavy atom. The number of nitrogens with zero attached hydrogens (tertiary/aromatic N) is 1. The molecule has 15 heavy (non-hydrogen) atoms. The lowest BCUT2D eigenvalue weighted by Crippen LogP contribution is -2.63. The van der Waals surface area contributed by atoms with Gasteiger partial charge in [0, 0.05) is 10.7 Å². The minimum atomic E-state index is -0.0213. The third kappa shape index (κ3) is 2.16. The summed E-state index contributed by atoms with van der Waals surface area (Å²) in [5.74, 6) is 1.44. The number of rotatable bonds is 2. The Kier molecular flexibility index (Phi) is 2.40. The Labute approximate surface area is 86.2 Å². The van der Waals surface area contributed by atoms with E-state index in [2.05, 4.69) is 10.2 Å². The van der Waals surface area contributed by atoms with Gasteiger partial charge < -0.3 is 20.9 Å². The van der Waals surface area contributed by atoms with E-state index in [0.29, 0.717) is 0 Å². The highest BCUT2D eigenvalue weighted by atomic mass is 16.7. The van der Waals surface area contributed by atoms with Gasteiger partial charge in [0.25, 0.3) is 5.96 Å². The van der Waals surface area contributed by atoms with Crippen molar-refractivity contribution in [2.24, 2.45) is 16.6 Å². The number of hydrogen-bond donors (Lipinski definition) is 3. The maximum atomic E-state index is 5.21. The first kappa shape index (κ1) is 9.32. The minimum Gasteiger partial charge on any atom is -0.454 e. The molecule has 0 fully saturated rings. The van der Waals surface area contributed by atoms with Gasteiger partial charge in [-0.3, -0.25) is 0 Å². The van der Waals surface area contributed by atoms with E-state index in [-0.39, 0.29) is 12.8 Å². The molecule has 0 radical (unpaired) electrons. The average Bonchev–Trinajstić information content (AvgIpc) is 2.64. The molecular weight excluding hydrogens is 196 g/mol. The Morgan fingerprint density at radius 1 is 1.33 bits per heavy atom. The molecule has 6 heteroatoms. The summed E-state index contributed by atoms with van der Waals surface area (Å²) in [5.41, 5.74) is 11.2. The van der Waals surface area contributed by atoms with Crippen LogP contribution < -0.4 is 26.0 Å². The molecule has 1 aromatic carbocycles. The predicted molar refractivity (Wildman–Crippen MR) is 54.5 cm³/mol. The minimum absolute atomic E-state index is 0.0213. The molecule has 1 aliphatic heterocycles. The molecule has 0 amide bonds. The van der Waals surface area contributed by atoms with E-state index in [1.807, 2.05) is 18.2 Å². The maximum Gasteiger partial charge on any atom is 0.256 e. The monoisotopic (exact) mass is 207 g/mol. The van der Waals surface area contributed by atoms with Crippen molar-refractivity contribution in [3.05, 3.63) is 23.8 Å². The third-order valence-electron chi connectivity index (χ3n) is 1.82. The zero-order valence-corrected chi connectivity index (χ0v) is 7.93. The lowest BCUT2D eigenvalue weighted by atomic mass is 10.2. The summed E-state index contributed by atoms with van der Waals surface area (Å²) in [6, 6.07) is 5.52. The Balaban J connectivity index is 2.17. The lowest BCUT2D eigenvalue weighted by Gasteiger charge is -1.94. The van der Waals surface area contributed by atoms with E-state index in [1.165, 1.54) is 0 Å². The first-order valence-corrected chi connectivity index (χ1v) is 4.33. The summed E-state index contributed by atoms with van der Waals surface area (Å²) in [4.78, 5) is 0. The van der Waals surface area contributed by atoms with Crippen LogP contribution in [0.1, 0.15) is 5.56 Å². The number of hydrogen-bond acceptors (Lipinski definition) is 3. The van der Waals surface area contributed by atoms with Crippen LogP contribution >= 0.6 is 0 Å². The van der Waals surface area contributed by atoms with Crippen LogP contribution in [0.2, 0.25) is 0 Å². The molecule has 0 saturated heterocycles. The zero-order valence-electron chi connectivity index (χ0n) is 7.93. The van der Waals surface area contributed by atoms with Crippen molar-refractivity contribution in [2.75, 3.05) is 6.79 Å². The number of guanidine groups is 1. The fraction of sp³-hybridized carbons (Fsp3) is 0.111. The van der Waals surface area contributed by atoms with E-state index < -0.39 is 0 Å². The van der Waals surface area contributed by atoms with Crippen LogP contribution in [-0.4, -0.2) is 19.0 Å². The number of benzene rings is 1. The molecule has 0 bridgehead atoms. The van der Waals surface area contributed by atoms with Crippen molar-refractivity contribution in [1.82, 2.24) is 0 Å². The molecular formula is C9H11N4O2+. The molecule has 1 aliphatic rings. The van der Waals surface area contributed by atoms with Gasteiger partial charge in [-0.25, -0.2) is 0 Å². The zero-order chi connectivity index (χ0) is 10.7. The molecule has 0 aliphatic carbocycles. The molecule has 1 heterocycles. The van der Waals surface area contributed by atoms with Gasteiger partial charge >= 0.3 is 0 Å². The highest BCUT2D eigenvalue weighted by Crippen LogP contribution is 2.31. The van der Waals surface area contributed by atoms with Crippen molar-refractivity contribution in [3.63, 3.8) is 0 Å². The lowest BCUT2D eigenvalue weighted by molar-refractivity contribution is -0.456. The normalized spacial score (nSPS) is 13.1. The molecule has 6 nitrogen and oxygen atoms in total. The number of ether oxygens (including phenoxy) is 2. The van der Waals surface area contributed by atoms with Gasteiger partial charge in [-0.05, 0) is 18.2 Å². The summed E-state index contributed by atoms with van der Waals surface area (Å²) in [6.45, 7) is 0.264. The quantitative estimate of drug-likeness (QED) is 0.300. The number of hydrazone groups is 1. The van der Waals surface area contributed by atoms with E-state index in [0.717, 1.165) is 17.1 Å². The maximum absolute atomic E-state index is 5.21. The van der Waals surface area contributed by atoms with Crippen LogP contribution in [0.15, 0.2) is 23.3 Å². The van der Waals surface area contributed by atoms with Crippen LogP contribution in [0.4, 0.5) is 0 Å². The van der Waals surface area contributed by atoms with Gasteiger partial charge in [-0.2, -0.15) is 0 Å². The molecule has 78 valence electrons. The van der Waals surface area contributed by atoms with E-state index in [1.54, 1.807) is 6.21 Å². The van der Waals surface area contributed by atoms with Crippen LogP contribution in [0.5, 0.6) is 11.5 Å². The molecule has 0 spiro atoms. The summed E-state index contributed by atoms with van der Waals surface area (Å²) >= 11 is 0. The molecule has 1 aromatic rings. The van der Waals surface area contributed by atoms with Gasteiger partial charge in [0.1, 0.15) is 0 Å². The first-order valence-electron chi connectivity index (χ1n) is 4.33. The van der Waals surface area contributed by atoms with Gasteiger partial charge in [0.15, 0.2) is 11.5 Å². The van der Waals surface area contributed by atoms with E-state index in [4.69, 9.17) is 20.9 Å². The van der Waals surface area contributed by atoms with Crippen molar-refractivity contribution in [3.8, 4) is 11.5 Å². The van der Waals surface area contributed by atoms with Gasteiger partial charge in [0.05, 0.1) is 0 Å². The molecule has 0 unspecified atom stereocenters. The van der Waals surface area contributed by atoms with E-state index >= 15 is 0 Å². The predicted octanol–water partition coefficient (Wildman–Crippen LogP) is -1.90. The van der Waals surface area contributed by atoms with Gasteiger partial charge in [0.2, 0.25) is 13.0 Å². The SMILES string of the molecule is NC(N)=N/[NH+]=C/c1ccc2c(c1)OCO2. The number of fused-ring (bicyclic) bond motifs is 1. The van der Waals surface area contributed by atoms with Gasteiger partial charge in [-0.15, -0.1) is 5.10 Å². The molecule has 0 aromatic heterocycles. The first-order chi connectivity index (χ1) is 7.25. The topological polar surface area (TPSA) is 96.8 Å². The summed E-state index contributed by atoms with van der Waals surface area (Å²) in [6.07, 6.45) is 1.65. The molecule has 5 N–H and O–H groups in total. The Hall–Kier alpha value is -2.24. The summed E-state index contributed by atoms with van der Waals surface area (Å²) in [5, 5.41) is 6.22. The van der Waals surface area contributed by atoms with Crippen LogP contribution in [-0.2, 0) is 0 Å². The van der Waals surface area contributed by atoms with E-state index in [9.17, 15) is 0 Å². The van der Waals surface area contributed by atoms with Crippen molar-refractivity contribution in [1.29, 1.82) is 0 Å². The number of nitrogens with two attached hydrogens (primary N) is 2. The standard InChI is InChI=1S/C9H10N4O2/c10-9(11)13-12-4-6-1-2-7-8(3-6)15-5-14-7/h1-4H,5H2,(H4,10,11,13)/p+1/b12-4+. The smallest absolute Gasteiger partial charge is 0.256 e. The highest BCUT2D eigenvalue weighted by molar-refractivity contribution is 5.78. The highest BCUT2D eigenvalue weighted by Gasteiger charge is 2.12. The van der Waals surface area contributed by atoms with Crippen molar-refractivity contribution >= 4 is 12.2 Å². The fourth-order valence-electron chi connectivity index (χ4n) is 1.18. The Morgan fingerprint density at radius 2 is 2.13 bits per heavy atom. The van der Waals surface area contributed by atoms with Crippen LogP contribution in [0.25, 0.3) is 0 Å². The molecule has 0 atom stereocenters. The Bertz CT molecular complexity index is 424. The van der Waals surface area contributed by atoms with Crippen LogP contribution in [0.3, 0.4) is 0 Å². The second kappa shape index (κ2) is 3.87. The molecule has 0 saturated carbocycles. The molecule has 2 rings (SSSR count). The van der Waals surface area contributed by atoms with Gasteiger partial charge in [-0.1, -0.05) is 0 Å².